The Morgan fingerprint density at radius 2 is 1.78 bits per heavy atom. The van der Waals surface area contributed by atoms with Crippen molar-refractivity contribution in [2.75, 3.05) is 19.6 Å². The van der Waals surface area contributed by atoms with Gasteiger partial charge >= 0.3 is 0 Å². The summed E-state index contributed by atoms with van der Waals surface area (Å²) in [6.45, 7) is 14.0. The normalized spacial score (nSPS) is 24.1. The summed E-state index contributed by atoms with van der Waals surface area (Å²) < 4.78 is 0. The summed E-state index contributed by atoms with van der Waals surface area (Å²) in [5.74, 6) is 0.469. The molecule has 1 unspecified atom stereocenters. The fourth-order valence-corrected chi connectivity index (χ4v) is 4.87. The van der Waals surface area contributed by atoms with E-state index >= 15 is 0 Å². The number of rotatable bonds is 2. The van der Waals surface area contributed by atoms with Crippen molar-refractivity contribution >= 4 is 11.6 Å². The molecule has 2 aromatic rings. The topological polar surface area (TPSA) is 15.3 Å². The molecule has 3 heteroatoms. The van der Waals surface area contributed by atoms with Gasteiger partial charge in [-0.15, -0.1) is 0 Å². The van der Waals surface area contributed by atoms with Crippen LogP contribution in [-0.4, -0.2) is 30.1 Å². The van der Waals surface area contributed by atoms with Crippen LogP contribution in [0.4, 0.5) is 0 Å². The second-order valence-corrected chi connectivity index (χ2v) is 8.65. The van der Waals surface area contributed by atoms with Gasteiger partial charge in [0, 0.05) is 42.2 Å². The van der Waals surface area contributed by atoms with Gasteiger partial charge in [0.1, 0.15) is 0 Å². The van der Waals surface area contributed by atoms with Crippen LogP contribution in [0, 0.1) is 6.92 Å². The van der Waals surface area contributed by atoms with Crippen molar-refractivity contribution in [3.8, 4) is 0 Å². The number of hydrogen-bond donors (Lipinski definition) is 1. The third kappa shape index (κ3) is 4.23. The first kappa shape index (κ1) is 20.4. The smallest absolute Gasteiger partial charge is 0.0409 e. The summed E-state index contributed by atoms with van der Waals surface area (Å²) in [6, 6.07) is 15.8. The lowest BCUT2D eigenvalue weighted by Crippen LogP contribution is -2.57. The Labute approximate surface area is 169 Å². The first-order valence-electron chi connectivity index (χ1n) is 10.3. The van der Waals surface area contributed by atoms with E-state index in [0.717, 1.165) is 31.1 Å². The fraction of sp³-hybridized carbons (Fsp3) is 0.500. The molecule has 0 spiro atoms. The number of benzene rings is 2. The summed E-state index contributed by atoms with van der Waals surface area (Å²) in [5, 5.41) is 4.48. The molecule has 0 aromatic heterocycles. The number of halogens is 1. The molecule has 1 fully saturated rings. The average molecular weight is 385 g/mol. The van der Waals surface area contributed by atoms with Gasteiger partial charge in [0.05, 0.1) is 0 Å². The van der Waals surface area contributed by atoms with Crippen LogP contribution >= 0.6 is 11.6 Å². The molecule has 2 nitrogen and oxygen atoms in total. The minimum atomic E-state index is 0.164. The van der Waals surface area contributed by atoms with Gasteiger partial charge in [-0.2, -0.15) is 0 Å². The van der Waals surface area contributed by atoms with Crippen molar-refractivity contribution in [3.05, 3.63) is 69.7 Å². The first-order chi connectivity index (χ1) is 12.9. The van der Waals surface area contributed by atoms with Crippen LogP contribution < -0.4 is 5.32 Å². The van der Waals surface area contributed by atoms with E-state index in [1.807, 2.05) is 13.8 Å². The maximum Gasteiger partial charge on any atom is 0.0409 e. The summed E-state index contributed by atoms with van der Waals surface area (Å²) in [4.78, 5) is 2.66. The summed E-state index contributed by atoms with van der Waals surface area (Å²) >= 11 is 6.38. The molecule has 1 saturated heterocycles. The van der Waals surface area contributed by atoms with Gasteiger partial charge in [-0.05, 0) is 61.6 Å². The molecule has 146 valence electrons. The Hall–Kier alpha value is -1.35. The zero-order valence-corrected chi connectivity index (χ0v) is 18.1. The number of nitrogens with zero attached hydrogens (tertiary/aromatic N) is 1. The lowest BCUT2D eigenvalue weighted by Gasteiger charge is -2.42. The highest BCUT2D eigenvalue weighted by atomic mass is 35.5. The standard InChI is InChI=1S/C22H27ClN2.C2H6/c1-15-6-4-5-7-17(15)19-13-21(20-12-16(23)8-9-18(19)20)25-11-10-24-22(2,3)14-25;1-2/h4-9,12,19,21,24H,10-11,13-14H2,1-3H3;1-2H3/t19?,21-;/m1./s1. The zero-order valence-electron chi connectivity index (χ0n) is 17.3. The second kappa shape index (κ2) is 8.34. The van der Waals surface area contributed by atoms with Crippen LogP contribution in [-0.2, 0) is 0 Å². The lowest BCUT2D eigenvalue weighted by molar-refractivity contribution is 0.107. The van der Waals surface area contributed by atoms with Crippen molar-refractivity contribution in [3.63, 3.8) is 0 Å². The monoisotopic (exact) mass is 384 g/mol. The molecule has 27 heavy (non-hydrogen) atoms. The number of hydrogen-bond acceptors (Lipinski definition) is 2. The highest BCUT2D eigenvalue weighted by Crippen LogP contribution is 2.48. The fourth-order valence-electron chi connectivity index (χ4n) is 4.69. The third-order valence-electron chi connectivity index (χ3n) is 5.85. The Morgan fingerprint density at radius 1 is 1.04 bits per heavy atom. The number of aryl methyl sites for hydroxylation is 1. The van der Waals surface area contributed by atoms with Gasteiger partial charge in [-0.3, -0.25) is 4.90 Å². The molecule has 2 atom stereocenters. The minimum absolute atomic E-state index is 0.164. The second-order valence-electron chi connectivity index (χ2n) is 8.22. The van der Waals surface area contributed by atoms with Gasteiger partial charge in [-0.1, -0.05) is 55.8 Å². The number of nitrogens with one attached hydrogen (secondary N) is 1. The van der Waals surface area contributed by atoms with Crippen LogP contribution in [0.25, 0.3) is 0 Å². The lowest BCUT2D eigenvalue weighted by atomic mass is 9.90. The minimum Gasteiger partial charge on any atom is -0.309 e. The third-order valence-corrected chi connectivity index (χ3v) is 6.08. The maximum absolute atomic E-state index is 6.38. The van der Waals surface area contributed by atoms with Crippen molar-refractivity contribution in [1.29, 1.82) is 0 Å². The number of piperazine rings is 1. The Balaban J connectivity index is 0.00000102. The van der Waals surface area contributed by atoms with Gasteiger partial charge in [0.15, 0.2) is 0 Å². The van der Waals surface area contributed by atoms with E-state index in [1.54, 1.807) is 0 Å². The Bertz CT molecular complexity index is 784. The molecule has 1 N–H and O–H groups in total. The van der Waals surface area contributed by atoms with Crippen LogP contribution in [0.3, 0.4) is 0 Å². The van der Waals surface area contributed by atoms with Crippen molar-refractivity contribution < 1.29 is 0 Å². The number of fused-ring (bicyclic) bond motifs is 1. The van der Waals surface area contributed by atoms with Crippen LogP contribution in [0.2, 0.25) is 5.02 Å². The molecule has 0 radical (unpaired) electrons. The molecular formula is C24H33ClN2. The van der Waals surface area contributed by atoms with Crippen molar-refractivity contribution in [1.82, 2.24) is 10.2 Å². The molecule has 0 amide bonds. The van der Waals surface area contributed by atoms with Gasteiger partial charge in [-0.25, -0.2) is 0 Å². The van der Waals surface area contributed by atoms with Gasteiger partial charge in [0.25, 0.3) is 0 Å². The van der Waals surface area contributed by atoms with Crippen LogP contribution in [0.5, 0.6) is 0 Å². The molecule has 0 bridgehead atoms. The highest BCUT2D eigenvalue weighted by Gasteiger charge is 2.38. The Morgan fingerprint density at radius 3 is 2.48 bits per heavy atom. The highest BCUT2D eigenvalue weighted by molar-refractivity contribution is 6.30. The molecule has 4 rings (SSSR count). The summed E-state index contributed by atoms with van der Waals surface area (Å²) in [5.41, 5.74) is 5.90. The molecule has 1 heterocycles. The molecular weight excluding hydrogens is 352 g/mol. The van der Waals surface area contributed by atoms with E-state index in [1.165, 1.54) is 22.3 Å². The molecule has 1 aliphatic heterocycles. The van der Waals surface area contributed by atoms with Gasteiger partial charge < -0.3 is 5.32 Å². The van der Waals surface area contributed by atoms with E-state index in [9.17, 15) is 0 Å². The van der Waals surface area contributed by atoms with Crippen LogP contribution in [0.1, 0.15) is 68.3 Å². The average Bonchev–Trinajstić information content (AvgIpc) is 3.01. The SMILES string of the molecule is CC.Cc1ccccc1C1C[C@@H](N2CCNC(C)(C)C2)c2cc(Cl)ccc21. The van der Waals surface area contributed by atoms with E-state index in [-0.39, 0.29) is 5.54 Å². The largest absolute Gasteiger partial charge is 0.309 e. The van der Waals surface area contributed by atoms with E-state index in [0.29, 0.717) is 12.0 Å². The zero-order chi connectivity index (χ0) is 19.6. The molecule has 0 saturated carbocycles. The van der Waals surface area contributed by atoms with Crippen LogP contribution in [0.15, 0.2) is 42.5 Å². The summed E-state index contributed by atoms with van der Waals surface area (Å²) in [7, 11) is 0. The first-order valence-corrected chi connectivity index (χ1v) is 10.7. The maximum atomic E-state index is 6.38. The van der Waals surface area contributed by atoms with Crippen molar-refractivity contribution in [2.45, 2.75) is 58.5 Å². The van der Waals surface area contributed by atoms with E-state index in [4.69, 9.17) is 11.6 Å². The molecule has 2 aliphatic rings. The predicted molar refractivity (Wildman–Crippen MR) is 117 cm³/mol. The summed E-state index contributed by atoms with van der Waals surface area (Å²) in [6.07, 6.45) is 1.15. The molecule has 1 aliphatic carbocycles. The predicted octanol–water partition coefficient (Wildman–Crippen LogP) is 5.94. The Kier molecular flexibility index (Phi) is 6.30. The molecule has 2 aromatic carbocycles. The van der Waals surface area contributed by atoms with E-state index < -0.39 is 0 Å². The van der Waals surface area contributed by atoms with Crippen molar-refractivity contribution in [2.24, 2.45) is 0 Å². The van der Waals surface area contributed by atoms with Gasteiger partial charge in [0.2, 0.25) is 0 Å². The quantitative estimate of drug-likeness (QED) is 0.689. The van der Waals surface area contributed by atoms with E-state index in [2.05, 4.69) is 73.5 Å².